The van der Waals surface area contributed by atoms with E-state index in [0.717, 1.165) is 0 Å². The highest BCUT2D eigenvalue weighted by molar-refractivity contribution is 9.10. The van der Waals surface area contributed by atoms with Gasteiger partial charge >= 0.3 is 12.1 Å². The minimum absolute atomic E-state index is 0.146. The molecule has 0 aliphatic rings. The molecule has 0 saturated carbocycles. The molecular weight excluding hydrogens is 343 g/mol. The molecule has 0 fully saturated rings. The number of nitrogens with one attached hydrogen (secondary N) is 1. The molecule has 20 heavy (non-hydrogen) atoms. The van der Waals surface area contributed by atoms with E-state index in [9.17, 15) is 22.8 Å². The number of carbonyl (C=O) groups is 2. The van der Waals surface area contributed by atoms with E-state index in [0.29, 0.717) is 4.47 Å². The van der Waals surface area contributed by atoms with Crippen LogP contribution in [0.1, 0.15) is 23.7 Å². The standard InChI is InChI=1S/C12H11BrF3NO3/c1-2-20-11(19)7-3-4-9(8(13)5-7)17-10(18)6-12(14,15)16/h3-5H,2,6H2,1H3,(H,17,18). The number of amides is 1. The highest BCUT2D eigenvalue weighted by atomic mass is 79.9. The molecule has 0 spiro atoms. The Morgan fingerprint density at radius 2 is 2.00 bits per heavy atom. The summed E-state index contributed by atoms with van der Waals surface area (Å²) in [7, 11) is 0. The second kappa shape index (κ2) is 6.74. The quantitative estimate of drug-likeness (QED) is 0.842. The number of benzene rings is 1. The molecule has 0 aliphatic heterocycles. The van der Waals surface area contributed by atoms with Crippen LogP contribution in [0.25, 0.3) is 0 Å². The fraction of sp³-hybridized carbons (Fsp3) is 0.333. The Bertz CT molecular complexity index is 517. The summed E-state index contributed by atoms with van der Waals surface area (Å²) in [6.45, 7) is 1.86. The van der Waals surface area contributed by atoms with E-state index in [4.69, 9.17) is 4.74 Å². The first-order valence-electron chi connectivity index (χ1n) is 5.56. The number of anilines is 1. The smallest absolute Gasteiger partial charge is 0.397 e. The Hall–Kier alpha value is -1.57. The fourth-order valence-electron chi connectivity index (χ4n) is 1.33. The van der Waals surface area contributed by atoms with Crippen molar-refractivity contribution in [2.24, 2.45) is 0 Å². The highest BCUT2D eigenvalue weighted by Crippen LogP contribution is 2.26. The van der Waals surface area contributed by atoms with Crippen molar-refractivity contribution in [3.8, 4) is 0 Å². The lowest BCUT2D eigenvalue weighted by Crippen LogP contribution is -2.21. The molecule has 110 valence electrons. The van der Waals surface area contributed by atoms with Crippen LogP contribution in [0.15, 0.2) is 22.7 Å². The minimum atomic E-state index is -4.57. The lowest BCUT2D eigenvalue weighted by molar-refractivity contribution is -0.150. The predicted molar refractivity (Wildman–Crippen MR) is 69.4 cm³/mol. The van der Waals surface area contributed by atoms with Crippen molar-refractivity contribution in [1.29, 1.82) is 0 Å². The first-order chi connectivity index (χ1) is 9.23. The van der Waals surface area contributed by atoms with Gasteiger partial charge in [-0.1, -0.05) is 0 Å². The van der Waals surface area contributed by atoms with E-state index < -0.39 is 24.5 Å². The summed E-state index contributed by atoms with van der Waals surface area (Å²) >= 11 is 3.07. The minimum Gasteiger partial charge on any atom is -0.462 e. The summed E-state index contributed by atoms with van der Waals surface area (Å²) in [6.07, 6.45) is -6.14. The molecule has 0 aromatic heterocycles. The van der Waals surface area contributed by atoms with Crippen LogP contribution < -0.4 is 5.32 Å². The van der Waals surface area contributed by atoms with Gasteiger partial charge < -0.3 is 10.1 Å². The van der Waals surface area contributed by atoms with E-state index in [1.807, 2.05) is 0 Å². The van der Waals surface area contributed by atoms with E-state index in [1.54, 1.807) is 6.92 Å². The zero-order valence-electron chi connectivity index (χ0n) is 10.4. The molecule has 1 amide bonds. The summed E-state index contributed by atoms with van der Waals surface area (Å²) in [5.41, 5.74) is 0.375. The van der Waals surface area contributed by atoms with Crippen molar-refractivity contribution in [2.45, 2.75) is 19.5 Å². The molecule has 0 aliphatic carbocycles. The van der Waals surface area contributed by atoms with Crippen LogP contribution in [0.5, 0.6) is 0 Å². The van der Waals surface area contributed by atoms with Gasteiger partial charge in [-0.15, -0.1) is 0 Å². The molecule has 4 nitrogen and oxygen atoms in total. The van der Waals surface area contributed by atoms with Gasteiger partial charge in [-0.25, -0.2) is 4.79 Å². The summed E-state index contributed by atoms with van der Waals surface area (Å²) < 4.78 is 41.2. The maximum atomic E-state index is 12.0. The van der Waals surface area contributed by atoms with Crippen molar-refractivity contribution in [1.82, 2.24) is 0 Å². The summed E-state index contributed by atoms with van der Waals surface area (Å²) in [5.74, 6) is -1.73. The molecule has 1 aromatic carbocycles. The van der Waals surface area contributed by atoms with Crippen molar-refractivity contribution in [3.05, 3.63) is 28.2 Å². The zero-order valence-corrected chi connectivity index (χ0v) is 12.0. The zero-order chi connectivity index (χ0) is 15.3. The lowest BCUT2D eigenvalue weighted by atomic mass is 10.2. The highest BCUT2D eigenvalue weighted by Gasteiger charge is 2.31. The summed E-state index contributed by atoms with van der Waals surface area (Å²) in [4.78, 5) is 22.6. The molecule has 1 aromatic rings. The van der Waals surface area contributed by atoms with Crippen LogP contribution in [0.3, 0.4) is 0 Å². The normalized spacial score (nSPS) is 11.1. The van der Waals surface area contributed by atoms with Gasteiger partial charge in [0.25, 0.3) is 0 Å². The van der Waals surface area contributed by atoms with Crippen molar-refractivity contribution < 1.29 is 27.5 Å². The third kappa shape index (κ3) is 5.20. The van der Waals surface area contributed by atoms with Gasteiger partial charge in [-0.05, 0) is 41.1 Å². The maximum Gasteiger partial charge on any atom is 0.397 e. The number of hydrogen-bond acceptors (Lipinski definition) is 3. The Morgan fingerprint density at radius 3 is 2.50 bits per heavy atom. The molecule has 0 radical (unpaired) electrons. The number of alkyl halides is 3. The summed E-state index contributed by atoms with van der Waals surface area (Å²) in [6, 6.07) is 4.04. The van der Waals surface area contributed by atoms with E-state index >= 15 is 0 Å². The van der Waals surface area contributed by atoms with Gasteiger partial charge in [0.15, 0.2) is 0 Å². The Morgan fingerprint density at radius 1 is 1.35 bits per heavy atom. The topological polar surface area (TPSA) is 55.4 Å². The van der Waals surface area contributed by atoms with Gasteiger partial charge in [0, 0.05) is 4.47 Å². The van der Waals surface area contributed by atoms with Gasteiger partial charge in [-0.2, -0.15) is 13.2 Å². The molecule has 1 N–H and O–H groups in total. The first kappa shape index (κ1) is 16.5. The fourth-order valence-corrected chi connectivity index (χ4v) is 1.81. The molecular formula is C12H11BrF3NO3. The molecule has 8 heteroatoms. The average molecular weight is 354 g/mol. The number of ether oxygens (including phenoxy) is 1. The monoisotopic (exact) mass is 353 g/mol. The number of halogens is 4. The lowest BCUT2D eigenvalue weighted by Gasteiger charge is -2.10. The number of esters is 1. The van der Waals surface area contributed by atoms with Gasteiger partial charge in [0.05, 0.1) is 17.9 Å². The van der Waals surface area contributed by atoms with Gasteiger partial charge in [0.1, 0.15) is 6.42 Å². The Labute approximate surface area is 121 Å². The van der Waals surface area contributed by atoms with E-state index in [2.05, 4.69) is 21.2 Å². The van der Waals surface area contributed by atoms with Gasteiger partial charge in [-0.3, -0.25) is 4.79 Å². The maximum absolute atomic E-state index is 12.0. The first-order valence-corrected chi connectivity index (χ1v) is 6.35. The van der Waals surface area contributed by atoms with Crippen molar-refractivity contribution in [2.75, 3.05) is 11.9 Å². The third-order valence-electron chi connectivity index (χ3n) is 2.12. The molecule has 0 unspecified atom stereocenters. The SMILES string of the molecule is CCOC(=O)c1ccc(NC(=O)CC(F)(F)F)c(Br)c1. The number of rotatable bonds is 4. The van der Waals surface area contributed by atoms with Crippen LogP contribution in [-0.4, -0.2) is 24.7 Å². The Kier molecular flexibility index (Phi) is 5.55. The van der Waals surface area contributed by atoms with Crippen molar-refractivity contribution in [3.63, 3.8) is 0 Å². The Balaban J connectivity index is 2.79. The number of hydrogen-bond donors (Lipinski definition) is 1. The molecule has 0 heterocycles. The molecule has 1 rings (SSSR count). The van der Waals surface area contributed by atoms with Crippen LogP contribution in [0.4, 0.5) is 18.9 Å². The van der Waals surface area contributed by atoms with Crippen molar-refractivity contribution >= 4 is 33.5 Å². The second-order valence-electron chi connectivity index (χ2n) is 3.76. The third-order valence-corrected chi connectivity index (χ3v) is 2.77. The van der Waals surface area contributed by atoms with Crippen LogP contribution >= 0.6 is 15.9 Å². The molecule has 0 bridgehead atoms. The predicted octanol–water partition coefficient (Wildman–Crippen LogP) is 3.52. The number of carbonyl (C=O) groups excluding carboxylic acids is 2. The molecule has 0 saturated heterocycles. The van der Waals surface area contributed by atoms with Crippen LogP contribution in [0.2, 0.25) is 0 Å². The van der Waals surface area contributed by atoms with Crippen LogP contribution in [0, 0.1) is 0 Å². The van der Waals surface area contributed by atoms with Crippen LogP contribution in [-0.2, 0) is 9.53 Å². The van der Waals surface area contributed by atoms with E-state index in [1.165, 1.54) is 18.2 Å². The molecule has 0 atom stereocenters. The largest absolute Gasteiger partial charge is 0.462 e. The average Bonchev–Trinajstić information content (AvgIpc) is 2.29. The van der Waals surface area contributed by atoms with Gasteiger partial charge in [0.2, 0.25) is 5.91 Å². The second-order valence-corrected chi connectivity index (χ2v) is 4.61. The summed E-state index contributed by atoms with van der Waals surface area (Å²) in [5, 5.41) is 2.11. The van der Waals surface area contributed by atoms with E-state index in [-0.39, 0.29) is 17.9 Å².